The molecule has 156 valence electrons. The van der Waals surface area contributed by atoms with Gasteiger partial charge in [0.05, 0.1) is 12.6 Å². The first kappa shape index (κ1) is 21.6. The Bertz CT molecular complexity index is 853. The summed E-state index contributed by atoms with van der Waals surface area (Å²) in [7, 11) is 0. The molecule has 0 heterocycles. The van der Waals surface area contributed by atoms with Gasteiger partial charge in [0.25, 0.3) is 0 Å². The van der Waals surface area contributed by atoms with E-state index in [0.29, 0.717) is 6.54 Å². The summed E-state index contributed by atoms with van der Waals surface area (Å²) in [6.45, 7) is -3.11. The molecule has 0 bridgehead atoms. The fraction of sp³-hybridized carbons (Fsp3) is 0.208. The molecule has 0 aromatic heterocycles. The lowest BCUT2D eigenvalue weighted by Gasteiger charge is -2.26. The van der Waals surface area contributed by atoms with Crippen LogP contribution in [0.5, 0.6) is 0 Å². The fourth-order valence-corrected chi connectivity index (χ4v) is 3.15. The van der Waals surface area contributed by atoms with Gasteiger partial charge in [0.2, 0.25) is 5.91 Å². The summed E-state index contributed by atoms with van der Waals surface area (Å²) in [6, 6.07) is 27.2. The Morgan fingerprint density at radius 1 is 0.800 bits per heavy atom. The highest BCUT2D eigenvalue weighted by molar-refractivity contribution is 5.82. The molecule has 0 aliphatic rings. The molecule has 0 spiro atoms. The van der Waals surface area contributed by atoms with Crippen molar-refractivity contribution in [1.82, 2.24) is 10.6 Å². The van der Waals surface area contributed by atoms with Crippen molar-refractivity contribution < 1.29 is 18.3 Å². The highest BCUT2D eigenvalue weighted by Crippen LogP contribution is 2.22. The predicted molar refractivity (Wildman–Crippen MR) is 112 cm³/mol. The van der Waals surface area contributed by atoms with E-state index in [1.807, 2.05) is 91.0 Å². The average Bonchev–Trinajstić information content (AvgIpc) is 2.79. The molecule has 0 saturated heterocycles. The highest BCUT2D eigenvalue weighted by Gasteiger charge is 2.25. The quantitative estimate of drug-likeness (QED) is 0.524. The molecule has 3 aromatic carbocycles. The van der Waals surface area contributed by atoms with Crippen molar-refractivity contribution in [2.45, 2.75) is 25.2 Å². The van der Waals surface area contributed by atoms with Gasteiger partial charge in [0.15, 0.2) is 0 Å². The van der Waals surface area contributed by atoms with Crippen molar-refractivity contribution in [2.24, 2.45) is 0 Å². The number of alkyl halides is 2. The van der Waals surface area contributed by atoms with Crippen LogP contribution in [0.4, 0.5) is 8.78 Å². The van der Waals surface area contributed by atoms with Crippen LogP contribution in [0.3, 0.4) is 0 Å². The van der Waals surface area contributed by atoms with Crippen molar-refractivity contribution in [3.05, 3.63) is 108 Å². The number of carbonyl (C=O) groups is 1. The van der Waals surface area contributed by atoms with Crippen molar-refractivity contribution in [3.8, 4) is 0 Å². The number of amides is 1. The van der Waals surface area contributed by atoms with Crippen LogP contribution in [0.1, 0.15) is 22.7 Å². The van der Waals surface area contributed by atoms with Crippen LogP contribution >= 0.6 is 0 Å². The van der Waals surface area contributed by atoms with E-state index in [4.69, 9.17) is 0 Å². The molecule has 3 rings (SSSR count). The third-order valence-electron chi connectivity index (χ3n) is 4.65. The number of hydrogen-bond acceptors (Lipinski definition) is 3. The minimum absolute atomic E-state index is 0.299. The number of nitrogens with one attached hydrogen (secondary N) is 2. The van der Waals surface area contributed by atoms with Gasteiger partial charge in [-0.05, 0) is 16.7 Å². The van der Waals surface area contributed by atoms with Gasteiger partial charge in [-0.25, -0.2) is 0 Å². The van der Waals surface area contributed by atoms with Gasteiger partial charge in [0.1, 0.15) is 6.04 Å². The molecule has 0 radical (unpaired) electrons. The summed E-state index contributed by atoms with van der Waals surface area (Å²) < 4.78 is 29.9. The molecular weight excluding hydrogens is 386 g/mol. The lowest BCUT2D eigenvalue weighted by atomic mass is 9.97. The van der Waals surface area contributed by atoms with E-state index in [0.717, 1.165) is 16.7 Å². The van der Waals surface area contributed by atoms with E-state index in [1.165, 1.54) is 0 Å². The Balaban J connectivity index is 1.79. The number of benzene rings is 3. The van der Waals surface area contributed by atoms with Gasteiger partial charge in [-0.3, -0.25) is 10.1 Å². The first-order chi connectivity index (χ1) is 14.6. The van der Waals surface area contributed by atoms with Crippen LogP contribution in [0.2, 0.25) is 0 Å². The van der Waals surface area contributed by atoms with Gasteiger partial charge in [-0.15, -0.1) is 0 Å². The summed E-state index contributed by atoms with van der Waals surface area (Å²) in [5.41, 5.74) is 2.75. The largest absolute Gasteiger partial charge is 0.351 e. The molecule has 0 aliphatic carbocycles. The Labute approximate surface area is 174 Å². The summed E-state index contributed by atoms with van der Waals surface area (Å²) in [5.74, 6) is -0.406. The molecular formula is C24H24F2N2O2. The Kier molecular flexibility index (Phi) is 8.06. The van der Waals surface area contributed by atoms with Gasteiger partial charge in [0, 0.05) is 6.54 Å². The van der Waals surface area contributed by atoms with Crippen LogP contribution in [0, 0.1) is 0 Å². The van der Waals surface area contributed by atoms with Crippen LogP contribution in [-0.4, -0.2) is 25.2 Å². The SMILES string of the molecule is O=C(NCc1ccccc1)C(COC(F)F)NC(c1ccccc1)c1ccccc1. The maximum atomic E-state index is 12.8. The third kappa shape index (κ3) is 6.47. The smallest absolute Gasteiger partial charge is 0.345 e. The zero-order valence-corrected chi connectivity index (χ0v) is 16.4. The third-order valence-corrected chi connectivity index (χ3v) is 4.65. The predicted octanol–water partition coefficient (Wildman–Crippen LogP) is 4.29. The molecule has 1 unspecified atom stereocenters. The zero-order chi connectivity index (χ0) is 21.2. The first-order valence-electron chi connectivity index (χ1n) is 9.71. The summed E-state index contributed by atoms with van der Waals surface area (Å²) in [5, 5.41) is 6.01. The minimum Gasteiger partial charge on any atom is -0.351 e. The molecule has 6 heteroatoms. The summed E-state index contributed by atoms with van der Waals surface area (Å²) in [4.78, 5) is 12.8. The molecule has 0 saturated carbocycles. The van der Waals surface area contributed by atoms with E-state index in [2.05, 4.69) is 15.4 Å². The van der Waals surface area contributed by atoms with Gasteiger partial charge in [-0.1, -0.05) is 91.0 Å². The second-order valence-corrected chi connectivity index (χ2v) is 6.77. The van der Waals surface area contributed by atoms with E-state index < -0.39 is 25.2 Å². The lowest BCUT2D eigenvalue weighted by molar-refractivity contribution is -0.144. The molecule has 4 nitrogen and oxygen atoms in total. The van der Waals surface area contributed by atoms with Crippen molar-refractivity contribution in [2.75, 3.05) is 6.61 Å². The summed E-state index contributed by atoms with van der Waals surface area (Å²) in [6.07, 6.45) is 0. The molecule has 0 fully saturated rings. The molecule has 3 aromatic rings. The fourth-order valence-electron chi connectivity index (χ4n) is 3.15. The zero-order valence-electron chi connectivity index (χ0n) is 16.4. The van der Waals surface area contributed by atoms with E-state index >= 15 is 0 Å². The molecule has 0 aliphatic heterocycles. The lowest BCUT2D eigenvalue weighted by Crippen LogP contribution is -2.48. The van der Waals surface area contributed by atoms with Crippen LogP contribution < -0.4 is 10.6 Å². The average molecular weight is 410 g/mol. The Hall–Kier alpha value is -3.09. The van der Waals surface area contributed by atoms with Gasteiger partial charge < -0.3 is 10.1 Å². The molecule has 2 N–H and O–H groups in total. The van der Waals surface area contributed by atoms with Gasteiger partial charge in [-0.2, -0.15) is 8.78 Å². The Morgan fingerprint density at radius 3 is 1.80 bits per heavy atom. The molecule has 1 amide bonds. The minimum atomic E-state index is -2.96. The maximum absolute atomic E-state index is 12.8. The van der Waals surface area contributed by atoms with E-state index in [1.54, 1.807) is 0 Å². The van der Waals surface area contributed by atoms with Crippen LogP contribution in [-0.2, 0) is 16.1 Å². The number of ether oxygens (including phenoxy) is 1. The number of halogens is 2. The van der Waals surface area contributed by atoms with Crippen molar-refractivity contribution >= 4 is 5.91 Å². The monoisotopic (exact) mass is 410 g/mol. The number of hydrogen-bond donors (Lipinski definition) is 2. The van der Waals surface area contributed by atoms with E-state index in [9.17, 15) is 13.6 Å². The number of rotatable bonds is 10. The summed E-state index contributed by atoms with van der Waals surface area (Å²) >= 11 is 0. The van der Waals surface area contributed by atoms with E-state index in [-0.39, 0.29) is 6.04 Å². The van der Waals surface area contributed by atoms with Crippen molar-refractivity contribution in [3.63, 3.8) is 0 Å². The molecule has 30 heavy (non-hydrogen) atoms. The molecule has 1 atom stereocenters. The standard InChI is InChI=1S/C24H24F2N2O2/c25-24(26)30-17-21(23(29)27-16-18-10-4-1-5-11-18)28-22(19-12-6-2-7-13-19)20-14-8-3-9-15-20/h1-15,21-22,24,28H,16-17H2,(H,27,29). The van der Waals surface area contributed by atoms with Gasteiger partial charge >= 0.3 is 6.61 Å². The maximum Gasteiger partial charge on any atom is 0.345 e. The Morgan fingerprint density at radius 2 is 1.30 bits per heavy atom. The second kappa shape index (κ2) is 11.2. The first-order valence-corrected chi connectivity index (χ1v) is 9.71. The normalized spacial score (nSPS) is 12.1. The highest BCUT2D eigenvalue weighted by atomic mass is 19.3. The number of carbonyl (C=O) groups excluding carboxylic acids is 1. The van der Waals surface area contributed by atoms with Crippen LogP contribution in [0.15, 0.2) is 91.0 Å². The van der Waals surface area contributed by atoms with Crippen LogP contribution in [0.25, 0.3) is 0 Å². The topological polar surface area (TPSA) is 50.4 Å². The van der Waals surface area contributed by atoms with Crippen molar-refractivity contribution in [1.29, 1.82) is 0 Å². The second-order valence-electron chi connectivity index (χ2n) is 6.77.